The highest BCUT2D eigenvalue weighted by atomic mass is 16.3. The zero-order chi connectivity index (χ0) is 59.4. The lowest BCUT2D eigenvalue weighted by molar-refractivity contribution is 0.446. The van der Waals surface area contributed by atoms with Crippen LogP contribution in [0.4, 0.5) is 0 Å². The summed E-state index contributed by atoms with van der Waals surface area (Å²) < 4.78 is 184. The van der Waals surface area contributed by atoms with Crippen LogP contribution < -0.4 is 0 Å². The molecule has 0 fully saturated rings. The summed E-state index contributed by atoms with van der Waals surface area (Å²) in [5.41, 5.74) is -7.06. The molecule has 8 aromatic rings. The van der Waals surface area contributed by atoms with Gasteiger partial charge in [0.05, 0.1) is 22.3 Å². The Balaban J connectivity index is 1.60. The number of aromatic hydroxyl groups is 1. The van der Waals surface area contributed by atoms with E-state index in [-0.39, 0.29) is 33.9 Å². The maximum Gasteiger partial charge on any atom is 0.149 e. The molecular formula is C55H55N3O. The molecule has 0 aliphatic carbocycles. The van der Waals surface area contributed by atoms with Crippen LogP contribution in [0.15, 0.2) is 146 Å². The summed E-state index contributed by atoms with van der Waals surface area (Å²) in [6.45, 7) is -21.7. The first-order chi connectivity index (χ1) is 36.7. The van der Waals surface area contributed by atoms with E-state index in [1.54, 1.807) is 54.7 Å². The van der Waals surface area contributed by atoms with Crippen molar-refractivity contribution in [2.45, 2.75) is 85.0 Å². The van der Waals surface area contributed by atoms with E-state index in [9.17, 15) is 5.11 Å². The highest BCUT2D eigenvalue weighted by Crippen LogP contribution is 2.45. The topological polar surface area (TPSA) is 50.9 Å². The number of phenols is 1. The van der Waals surface area contributed by atoms with E-state index in [1.165, 1.54) is 22.8 Å². The molecule has 0 saturated heterocycles. The Morgan fingerprint density at radius 2 is 1.24 bits per heavy atom. The molecule has 4 nitrogen and oxygen atoms in total. The van der Waals surface area contributed by atoms with Gasteiger partial charge in [0.2, 0.25) is 0 Å². The van der Waals surface area contributed by atoms with Gasteiger partial charge in [-0.15, -0.1) is 0 Å². The average Bonchev–Trinajstić information content (AvgIpc) is 3.74. The molecule has 0 bridgehead atoms. The molecule has 8 rings (SSSR count). The lowest BCUT2D eigenvalue weighted by Crippen LogP contribution is -2.17. The Kier molecular flexibility index (Phi) is 5.45. The average molecular weight is 795 g/mol. The number of aryl methyl sites for hydroxylation is 1. The van der Waals surface area contributed by atoms with Gasteiger partial charge in [0.1, 0.15) is 11.6 Å². The highest BCUT2D eigenvalue weighted by Gasteiger charge is 2.29. The lowest BCUT2D eigenvalue weighted by Gasteiger charge is -2.27. The fraction of sp³-hybridized carbons (Fsp3) is 0.236. The molecule has 0 saturated carbocycles. The zero-order valence-corrected chi connectivity index (χ0v) is 32.6. The number of para-hydroxylation sites is 1. The summed E-state index contributed by atoms with van der Waals surface area (Å²) in [5.74, 6) is -2.03. The lowest BCUT2D eigenvalue weighted by atomic mass is 9.79. The SMILES string of the molecule is [2H]C([2H])([2H])c1cc(-n2c(-c3cc(C(C([2H])([2H])[2H])(C([2H])([2H])[2H])C([2H])([2H])[2H])cc(C(C([2H])([2H])[2H])(C([2H])([2H])[2H])C([2H])([2H])[2H])c3O)nc3c(-c4cc(-c5cc(-c6ccccc6)ccn5)cc(C(C)(C)C)c4)cccc32)ccc1-c1ccccc1. The molecule has 0 aliphatic rings. The molecule has 296 valence electrons. The van der Waals surface area contributed by atoms with Crippen molar-refractivity contribution >= 4 is 11.0 Å². The molecule has 59 heavy (non-hydrogen) atoms. The van der Waals surface area contributed by atoms with Crippen LogP contribution in [0.2, 0.25) is 0 Å². The molecule has 0 atom stereocenters. The van der Waals surface area contributed by atoms with Crippen molar-refractivity contribution in [3.63, 3.8) is 0 Å². The molecular weight excluding hydrogens is 719 g/mol. The Bertz CT molecular complexity index is 3540. The monoisotopic (exact) mass is 795 g/mol. The van der Waals surface area contributed by atoms with E-state index in [4.69, 9.17) is 38.8 Å². The fourth-order valence-electron chi connectivity index (χ4n) is 7.38. The number of benzene rings is 6. The van der Waals surface area contributed by atoms with E-state index in [1.807, 2.05) is 81.4 Å². The third-order valence-electron chi connectivity index (χ3n) is 10.5. The van der Waals surface area contributed by atoms with Crippen LogP contribution in [0.25, 0.3) is 72.7 Å². The first-order valence-electron chi connectivity index (χ1n) is 29.5. The van der Waals surface area contributed by atoms with E-state index in [2.05, 4.69) is 0 Å². The third-order valence-corrected chi connectivity index (χ3v) is 10.5. The number of hydrogen-bond donors (Lipinski definition) is 1. The molecule has 0 radical (unpaired) electrons. The Morgan fingerprint density at radius 1 is 0.542 bits per heavy atom. The Labute approximate surface area is 379 Å². The van der Waals surface area contributed by atoms with Crippen LogP contribution >= 0.6 is 0 Å². The first kappa shape index (κ1) is 21.7. The predicted molar refractivity (Wildman–Crippen MR) is 249 cm³/mol. The van der Waals surface area contributed by atoms with Crippen molar-refractivity contribution in [1.29, 1.82) is 0 Å². The smallest absolute Gasteiger partial charge is 0.149 e. The number of phenolic OH excluding ortho intramolecular Hbond substituents is 1. The number of hydrogen-bond acceptors (Lipinski definition) is 3. The standard InChI is InChI=1S/C55H55N3O/c1-35-28-43(24-25-44(35)37-20-15-12-16-21-37)58-49-23-17-22-45(50(49)57-52(58)46-33-42(54(5,6)7)34-47(51(46)59)55(8,9)10)39-29-40(31-41(30-39)53(2,3)4)48-32-38(26-27-56-48)36-18-13-11-14-19-36/h11-34,59H,1-10H3/i1D3,5D3,6D3,7D3,8D3,9D3,10D3. The van der Waals surface area contributed by atoms with Crippen molar-refractivity contribution in [1.82, 2.24) is 14.5 Å². The summed E-state index contributed by atoms with van der Waals surface area (Å²) in [6, 6.07) is 37.7. The second-order valence-electron chi connectivity index (χ2n) is 15.8. The minimum Gasteiger partial charge on any atom is -0.507 e. The highest BCUT2D eigenvalue weighted by molar-refractivity contribution is 5.97. The van der Waals surface area contributed by atoms with Gasteiger partial charge in [-0.25, -0.2) is 4.98 Å². The van der Waals surface area contributed by atoms with Crippen LogP contribution in [-0.4, -0.2) is 19.6 Å². The van der Waals surface area contributed by atoms with Gasteiger partial charge >= 0.3 is 0 Å². The summed E-state index contributed by atoms with van der Waals surface area (Å²) in [6.07, 6.45) is 1.68. The van der Waals surface area contributed by atoms with Gasteiger partial charge in [0, 0.05) is 57.4 Å². The number of rotatable bonds is 6. The van der Waals surface area contributed by atoms with Crippen molar-refractivity contribution < 1.29 is 33.9 Å². The molecule has 0 unspecified atom stereocenters. The van der Waals surface area contributed by atoms with Gasteiger partial charge in [-0.1, -0.05) is 153 Å². The Morgan fingerprint density at radius 3 is 1.93 bits per heavy atom. The second kappa shape index (κ2) is 14.8. The fourth-order valence-corrected chi connectivity index (χ4v) is 7.38. The number of fused-ring (bicyclic) bond motifs is 1. The van der Waals surface area contributed by atoms with Gasteiger partial charge < -0.3 is 5.11 Å². The van der Waals surface area contributed by atoms with Crippen LogP contribution in [0, 0.1) is 6.85 Å². The van der Waals surface area contributed by atoms with Crippen LogP contribution in [0.5, 0.6) is 5.75 Å². The van der Waals surface area contributed by atoms with Crippen LogP contribution in [0.3, 0.4) is 0 Å². The normalized spacial score (nSPS) is 19.1. The predicted octanol–water partition coefficient (Wildman–Crippen LogP) is 14.7. The number of imidazole rings is 1. The van der Waals surface area contributed by atoms with E-state index < -0.39 is 92.5 Å². The van der Waals surface area contributed by atoms with Crippen LogP contribution in [-0.2, 0) is 16.2 Å². The molecule has 6 aromatic carbocycles. The Hall–Kier alpha value is -6.26. The minimum absolute atomic E-state index is 0.0367. The maximum atomic E-state index is 12.9. The van der Waals surface area contributed by atoms with E-state index >= 15 is 0 Å². The largest absolute Gasteiger partial charge is 0.507 e. The van der Waals surface area contributed by atoms with Crippen molar-refractivity contribution in [3.05, 3.63) is 168 Å². The summed E-state index contributed by atoms with van der Waals surface area (Å²) >= 11 is 0. The second-order valence-corrected chi connectivity index (χ2v) is 15.8. The van der Waals surface area contributed by atoms with Gasteiger partial charge in [0.25, 0.3) is 0 Å². The maximum absolute atomic E-state index is 12.9. The van der Waals surface area contributed by atoms with Gasteiger partial charge in [-0.05, 0) is 116 Å². The third kappa shape index (κ3) is 7.72. The summed E-state index contributed by atoms with van der Waals surface area (Å²) in [7, 11) is 0. The first-order valence-corrected chi connectivity index (χ1v) is 19.0. The number of pyridine rings is 1. The van der Waals surface area contributed by atoms with E-state index in [0.29, 0.717) is 34.0 Å². The van der Waals surface area contributed by atoms with Gasteiger partial charge in [0.15, 0.2) is 0 Å². The molecule has 2 aromatic heterocycles. The molecule has 1 N–H and O–H groups in total. The zero-order valence-electron chi connectivity index (χ0n) is 53.6. The number of nitrogens with zero attached hydrogens (tertiary/aromatic N) is 3. The molecule has 2 heterocycles. The molecule has 0 spiro atoms. The summed E-state index contributed by atoms with van der Waals surface area (Å²) in [5, 5.41) is 12.9. The van der Waals surface area contributed by atoms with Crippen molar-refractivity contribution in [2.75, 3.05) is 0 Å². The van der Waals surface area contributed by atoms with Crippen molar-refractivity contribution in [2.24, 2.45) is 0 Å². The summed E-state index contributed by atoms with van der Waals surface area (Å²) in [4.78, 5) is 9.78. The molecule has 0 amide bonds. The van der Waals surface area contributed by atoms with Crippen molar-refractivity contribution in [3.8, 4) is 67.5 Å². The molecule has 4 heteroatoms. The van der Waals surface area contributed by atoms with Gasteiger partial charge in [-0.3, -0.25) is 9.55 Å². The number of aromatic nitrogens is 3. The van der Waals surface area contributed by atoms with Gasteiger partial charge in [-0.2, -0.15) is 0 Å². The quantitative estimate of drug-likeness (QED) is 0.182. The van der Waals surface area contributed by atoms with Crippen LogP contribution in [0.1, 0.15) is 113 Å². The molecule has 0 aliphatic heterocycles. The minimum atomic E-state index is -4.20. The van der Waals surface area contributed by atoms with E-state index in [0.717, 1.165) is 16.7 Å².